The number of thiophene rings is 1. The molecule has 2 rings (SSSR count). The predicted molar refractivity (Wildman–Crippen MR) is 73.6 cm³/mol. The van der Waals surface area contributed by atoms with Gasteiger partial charge in [0.2, 0.25) is 0 Å². The molecule has 1 atom stereocenters. The number of aliphatic hydroxyl groups is 1. The van der Waals surface area contributed by atoms with E-state index in [4.69, 9.17) is 9.84 Å². The lowest BCUT2D eigenvalue weighted by Gasteiger charge is -2.38. The van der Waals surface area contributed by atoms with Crippen molar-refractivity contribution >= 4 is 21.4 Å². The molecule has 1 unspecified atom stereocenters. The van der Waals surface area contributed by atoms with E-state index in [0.29, 0.717) is 18.0 Å². The number of aliphatic hydroxyl groups excluding tert-OH is 1. The van der Waals surface area contributed by atoms with Crippen molar-refractivity contribution in [2.24, 2.45) is 0 Å². The Morgan fingerprint density at radius 2 is 2.26 bits per heavy atom. The van der Waals surface area contributed by atoms with Crippen LogP contribution in [-0.4, -0.2) is 43.6 Å². The molecular weight excluding hydrogens is 286 g/mol. The molecule has 1 aromatic rings. The van der Waals surface area contributed by atoms with Gasteiger partial charge in [-0.15, -0.1) is 11.3 Å². The van der Waals surface area contributed by atoms with E-state index in [1.807, 2.05) is 6.92 Å². The molecule has 7 heteroatoms. The fraction of sp³-hybridized carbons (Fsp3) is 0.667. The summed E-state index contributed by atoms with van der Waals surface area (Å²) in [6.07, 6.45) is 1.66. The zero-order valence-corrected chi connectivity index (χ0v) is 12.8. The molecule has 1 N–H and O–H groups in total. The first-order valence-corrected chi connectivity index (χ1v) is 8.42. The monoisotopic (exact) mass is 305 g/mol. The van der Waals surface area contributed by atoms with Crippen LogP contribution >= 0.6 is 11.3 Å². The Kier molecular flexibility index (Phi) is 4.32. The summed E-state index contributed by atoms with van der Waals surface area (Å²) in [6.45, 7) is 2.70. The molecule has 19 heavy (non-hydrogen) atoms. The minimum Gasteiger partial charge on any atom is -0.391 e. The number of nitrogens with zero attached hydrogens (tertiary/aromatic N) is 1. The molecule has 5 nitrogen and oxygen atoms in total. The maximum atomic E-state index is 12.5. The fourth-order valence-corrected chi connectivity index (χ4v) is 5.20. The summed E-state index contributed by atoms with van der Waals surface area (Å²) in [5.74, 6) is 0. The second-order valence-corrected chi connectivity index (χ2v) is 8.31. The van der Waals surface area contributed by atoms with Gasteiger partial charge in [0.1, 0.15) is 4.21 Å². The lowest BCUT2D eigenvalue weighted by molar-refractivity contribution is -0.0319. The Balaban J connectivity index is 2.24. The minimum atomic E-state index is -3.47. The topological polar surface area (TPSA) is 66.8 Å². The van der Waals surface area contributed by atoms with Crippen LogP contribution in [0.4, 0.5) is 0 Å². The van der Waals surface area contributed by atoms with Crippen LogP contribution in [0.25, 0.3) is 0 Å². The van der Waals surface area contributed by atoms with Crippen molar-refractivity contribution in [1.29, 1.82) is 0 Å². The van der Waals surface area contributed by atoms with E-state index in [9.17, 15) is 8.42 Å². The molecule has 0 saturated carbocycles. The largest absolute Gasteiger partial charge is 0.391 e. The summed E-state index contributed by atoms with van der Waals surface area (Å²) in [7, 11) is -1.86. The number of ether oxygens (including phenoxy) is 1. The molecule has 0 aromatic carbocycles. The summed E-state index contributed by atoms with van der Waals surface area (Å²) >= 11 is 1.12. The molecule has 0 aliphatic carbocycles. The third-order valence-corrected chi connectivity index (χ3v) is 6.89. The predicted octanol–water partition coefficient (Wildman–Crippen LogP) is 1.43. The first-order chi connectivity index (χ1) is 8.91. The third-order valence-electron chi connectivity index (χ3n) is 3.50. The van der Waals surface area contributed by atoms with Crippen molar-refractivity contribution in [3.63, 3.8) is 0 Å². The molecule has 0 bridgehead atoms. The average molecular weight is 305 g/mol. The van der Waals surface area contributed by atoms with Gasteiger partial charge >= 0.3 is 0 Å². The van der Waals surface area contributed by atoms with Crippen molar-refractivity contribution in [1.82, 2.24) is 4.31 Å². The van der Waals surface area contributed by atoms with E-state index in [-0.39, 0.29) is 10.8 Å². The zero-order chi connectivity index (χ0) is 14.1. The highest BCUT2D eigenvalue weighted by Crippen LogP contribution is 2.31. The van der Waals surface area contributed by atoms with E-state index in [1.54, 1.807) is 19.2 Å². The van der Waals surface area contributed by atoms with Gasteiger partial charge in [-0.05, 0) is 31.9 Å². The molecule has 1 fully saturated rings. The Hall–Kier alpha value is -0.470. The molecule has 1 aliphatic rings. The van der Waals surface area contributed by atoms with Crippen molar-refractivity contribution < 1.29 is 18.3 Å². The van der Waals surface area contributed by atoms with Crippen molar-refractivity contribution in [3.05, 3.63) is 17.0 Å². The molecule has 0 amide bonds. The fourth-order valence-electron chi connectivity index (χ4n) is 2.24. The number of hydrogen-bond acceptors (Lipinski definition) is 5. The van der Waals surface area contributed by atoms with Crippen LogP contribution in [0, 0.1) is 0 Å². The molecule has 0 spiro atoms. The van der Waals surface area contributed by atoms with Crippen LogP contribution in [-0.2, 0) is 21.4 Å². The van der Waals surface area contributed by atoms with Gasteiger partial charge in [-0.25, -0.2) is 8.42 Å². The minimum absolute atomic E-state index is 0.129. The maximum Gasteiger partial charge on any atom is 0.252 e. The molecular formula is C12H19NO4S2. The Bertz CT molecular complexity index is 540. The average Bonchev–Trinajstić information content (AvgIpc) is 2.88. The Labute approximate surface area is 117 Å². The van der Waals surface area contributed by atoms with Gasteiger partial charge in [-0.3, -0.25) is 0 Å². The summed E-state index contributed by atoms with van der Waals surface area (Å²) < 4.78 is 32.2. The first-order valence-electron chi connectivity index (χ1n) is 6.16. The summed E-state index contributed by atoms with van der Waals surface area (Å²) in [5.41, 5.74) is -0.414. The highest BCUT2D eigenvalue weighted by Gasteiger charge is 2.37. The van der Waals surface area contributed by atoms with Gasteiger partial charge in [-0.2, -0.15) is 4.31 Å². The number of rotatable bonds is 4. The quantitative estimate of drug-likeness (QED) is 0.914. The molecule has 1 aliphatic heterocycles. The van der Waals surface area contributed by atoms with E-state index in [0.717, 1.165) is 24.2 Å². The second-order valence-electron chi connectivity index (χ2n) is 4.98. The Morgan fingerprint density at radius 3 is 2.84 bits per heavy atom. The molecule has 1 saturated heterocycles. The highest BCUT2D eigenvalue weighted by atomic mass is 32.2. The number of hydrogen-bond donors (Lipinski definition) is 1. The SMILES string of the molecule is COC1(C)CCCN(S(=O)(=O)c2ccc(CO)s2)C1. The Morgan fingerprint density at radius 1 is 1.53 bits per heavy atom. The number of methoxy groups -OCH3 is 1. The molecule has 108 valence electrons. The van der Waals surface area contributed by atoms with Gasteiger partial charge in [0.15, 0.2) is 0 Å². The van der Waals surface area contributed by atoms with E-state index in [1.165, 1.54) is 4.31 Å². The summed E-state index contributed by atoms with van der Waals surface area (Å²) in [4.78, 5) is 0.657. The van der Waals surface area contributed by atoms with Gasteiger partial charge in [0.05, 0.1) is 12.2 Å². The summed E-state index contributed by atoms with van der Waals surface area (Å²) in [5, 5.41) is 9.03. The van der Waals surface area contributed by atoms with Crippen LogP contribution in [0.15, 0.2) is 16.3 Å². The van der Waals surface area contributed by atoms with Gasteiger partial charge in [0, 0.05) is 25.1 Å². The van der Waals surface area contributed by atoms with Gasteiger partial charge < -0.3 is 9.84 Å². The van der Waals surface area contributed by atoms with Crippen LogP contribution < -0.4 is 0 Å². The van der Waals surface area contributed by atoms with E-state index in [2.05, 4.69) is 0 Å². The van der Waals surface area contributed by atoms with Crippen molar-refractivity contribution in [2.75, 3.05) is 20.2 Å². The normalized spacial score (nSPS) is 25.6. The zero-order valence-electron chi connectivity index (χ0n) is 11.1. The van der Waals surface area contributed by atoms with Crippen molar-refractivity contribution in [3.8, 4) is 0 Å². The maximum absolute atomic E-state index is 12.5. The van der Waals surface area contributed by atoms with E-state index < -0.39 is 15.6 Å². The van der Waals surface area contributed by atoms with Crippen LogP contribution in [0.3, 0.4) is 0 Å². The second kappa shape index (κ2) is 5.49. The number of sulfonamides is 1. The van der Waals surface area contributed by atoms with E-state index >= 15 is 0 Å². The van der Waals surface area contributed by atoms with Gasteiger partial charge in [0.25, 0.3) is 10.0 Å². The molecule has 2 heterocycles. The highest BCUT2D eigenvalue weighted by molar-refractivity contribution is 7.91. The lowest BCUT2D eigenvalue weighted by Crippen LogP contribution is -2.49. The van der Waals surface area contributed by atoms with Gasteiger partial charge in [-0.1, -0.05) is 0 Å². The standard InChI is InChI=1S/C12H19NO4S2/c1-12(17-2)6-3-7-13(9-12)19(15,16)11-5-4-10(8-14)18-11/h4-5,14H,3,6-9H2,1-2H3. The first kappa shape index (κ1) is 14.9. The summed E-state index contributed by atoms with van der Waals surface area (Å²) in [6, 6.07) is 3.21. The lowest BCUT2D eigenvalue weighted by atomic mass is 9.96. The van der Waals surface area contributed by atoms with Crippen molar-refractivity contribution in [2.45, 2.75) is 36.2 Å². The van der Waals surface area contributed by atoms with Crippen LogP contribution in [0.5, 0.6) is 0 Å². The third kappa shape index (κ3) is 3.00. The molecule has 1 aromatic heterocycles. The van der Waals surface area contributed by atoms with Crippen LogP contribution in [0.2, 0.25) is 0 Å². The van der Waals surface area contributed by atoms with Crippen LogP contribution in [0.1, 0.15) is 24.6 Å². The number of piperidine rings is 1. The molecule has 0 radical (unpaired) electrons. The smallest absolute Gasteiger partial charge is 0.252 e.